The van der Waals surface area contributed by atoms with Crippen molar-refractivity contribution in [1.29, 1.82) is 0 Å². The number of para-hydroxylation sites is 1. The Kier molecular flexibility index (Phi) is 3.08. The van der Waals surface area contributed by atoms with E-state index in [0.717, 1.165) is 30.0 Å². The van der Waals surface area contributed by atoms with Crippen LogP contribution in [-0.2, 0) is 0 Å². The van der Waals surface area contributed by atoms with Gasteiger partial charge in [-0.3, -0.25) is 0 Å². The van der Waals surface area contributed by atoms with Crippen LogP contribution in [0, 0.1) is 11.7 Å². The highest BCUT2D eigenvalue weighted by molar-refractivity contribution is 5.78. The molecule has 96 valence electrons. The Bertz CT molecular complexity index is 544. The second-order valence-electron chi connectivity index (χ2n) is 5.10. The van der Waals surface area contributed by atoms with Crippen LogP contribution in [0.3, 0.4) is 0 Å². The van der Waals surface area contributed by atoms with Gasteiger partial charge in [-0.2, -0.15) is 0 Å². The van der Waals surface area contributed by atoms with Crippen LogP contribution in [0.4, 0.5) is 4.39 Å². The number of hydrogen-bond donors (Lipinski definition) is 1. The van der Waals surface area contributed by atoms with Gasteiger partial charge in [-0.15, -0.1) is 0 Å². The molecule has 1 N–H and O–H groups in total. The van der Waals surface area contributed by atoms with E-state index in [-0.39, 0.29) is 11.9 Å². The second kappa shape index (κ2) is 4.73. The molecule has 3 rings (SSSR count). The van der Waals surface area contributed by atoms with Gasteiger partial charge in [0.2, 0.25) is 0 Å². The summed E-state index contributed by atoms with van der Waals surface area (Å²) in [6, 6.07) is 7.24. The number of halogens is 1. The SMILES string of the molecule is CCNC(CC1CC1)c1cc2cccc(F)c2o1. The van der Waals surface area contributed by atoms with Crippen molar-refractivity contribution in [3.63, 3.8) is 0 Å². The first kappa shape index (κ1) is 11.7. The molecule has 1 heterocycles. The molecular weight excluding hydrogens is 229 g/mol. The van der Waals surface area contributed by atoms with Crippen molar-refractivity contribution in [2.75, 3.05) is 6.54 Å². The first-order valence-corrected chi connectivity index (χ1v) is 6.69. The van der Waals surface area contributed by atoms with Crippen molar-refractivity contribution in [1.82, 2.24) is 5.32 Å². The molecule has 0 bridgehead atoms. The van der Waals surface area contributed by atoms with Crippen molar-refractivity contribution in [2.45, 2.75) is 32.2 Å². The highest BCUT2D eigenvalue weighted by Crippen LogP contribution is 2.38. The zero-order chi connectivity index (χ0) is 12.5. The lowest BCUT2D eigenvalue weighted by Gasteiger charge is -2.14. The smallest absolute Gasteiger partial charge is 0.169 e. The van der Waals surface area contributed by atoms with E-state index in [9.17, 15) is 4.39 Å². The molecule has 2 nitrogen and oxygen atoms in total. The maximum atomic E-state index is 13.6. The van der Waals surface area contributed by atoms with Crippen LogP contribution in [0.15, 0.2) is 28.7 Å². The third kappa shape index (κ3) is 2.27. The first-order valence-electron chi connectivity index (χ1n) is 6.69. The van der Waals surface area contributed by atoms with Crippen molar-refractivity contribution < 1.29 is 8.81 Å². The molecule has 1 fully saturated rings. The van der Waals surface area contributed by atoms with E-state index in [0.29, 0.717) is 5.58 Å². The molecule has 3 heteroatoms. The second-order valence-corrected chi connectivity index (χ2v) is 5.10. The molecule has 1 aromatic heterocycles. The zero-order valence-corrected chi connectivity index (χ0v) is 10.6. The van der Waals surface area contributed by atoms with Gasteiger partial charge in [0, 0.05) is 5.39 Å². The fourth-order valence-corrected chi connectivity index (χ4v) is 2.45. The largest absolute Gasteiger partial charge is 0.456 e. The lowest BCUT2D eigenvalue weighted by atomic mass is 10.1. The van der Waals surface area contributed by atoms with Gasteiger partial charge >= 0.3 is 0 Å². The molecule has 0 spiro atoms. The van der Waals surface area contributed by atoms with Crippen LogP contribution >= 0.6 is 0 Å². The summed E-state index contributed by atoms with van der Waals surface area (Å²) in [5, 5.41) is 4.29. The quantitative estimate of drug-likeness (QED) is 0.863. The van der Waals surface area contributed by atoms with E-state index in [1.54, 1.807) is 6.07 Å². The molecule has 0 radical (unpaired) electrons. The molecule has 0 saturated heterocycles. The molecule has 1 saturated carbocycles. The highest BCUT2D eigenvalue weighted by Gasteiger charge is 2.27. The minimum absolute atomic E-state index is 0.217. The van der Waals surface area contributed by atoms with E-state index in [2.05, 4.69) is 12.2 Å². The third-order valence-electron chi connectivity index (χ3n) is 3.58. The number of nitrogens with one attached hydrogen (secondary N) is 1. The summed E-state index contributed by atoms with van der Waals surface area (Å²) in [6.07, 6.45) is 3.72. The van der Waals surface area contributed by atoms with Crippen molar-refractivity contribution in [2.24, 2.45) is 5.92 Å². The van der Waals surface area contributed by atoms with Crippen LogP contribution in [0.25, 0.3) is 11.0 Å². The number of furan rings is 1. The summed E-state index contributed by atoms with van der Waals surface area (Å²) < 4.78 is 19.3. The lowest BCUT2D eigenvalue weighted by molar-refractivity contribution is 0.398. The molecule has 0 aliphatic heterocycles. The van der Waals surface area contributed by atoms with Gasteiger partial charge in [0.25, 0.3) is 0 Å². The normalized spacial score (nSPS) is 17.2. The van der Waals surface area contributed by atoms with Crippen molar-refractivity contribution in [3.05, 3.63) is 35.8 Å². The zero-order valence-electron chi connectivity index (χ0n) is 10.6. The van der Waals surface area contributed by atoms with Gasteiger partial charge in [0.1, 0.15) is 5.76 Å². The number of benzene rings is 1. The summed E-state index contributed by atoms with van der Waals surface area (Å²) in [5.74, 6) is 1.40. The third-order valence-corrected chi connectivity index (χ3v) is 3.58. The predicted molar refractivity (Wildman–Crippen MR) is 69.9 cm³/mol. The van der Waals surface area contributed by atoms with Gasteiger partial charge in [-0.25, -0.2) is 4.39 Å². The van der Waals surface area contributed by atoms with Crippen LogP contribution in [-0.4, -0.2) is 6.54 Å². The van der Waals surface area contributed by atoms with Gasteiger partial charge in [0.15, 0.2) is 11.4 Å². The Balaban J connectivity index is 1.92. The van der Waals surface area contributed by atoms with E-state index >= 15 is 0 Å². The minimum Gasteiger partial charge on any atom is -0.456 e. The van der Waals surface area contributed by atoms with E-state index in [4.69, 9.17) is 4.42 Å². The first-order chi connectivity index (χ1) is 8.78. The van der Waals surface area contributed by atoms with Crippen LogP contribution in [0.2, 0.25) is 0 Å². The fraction of sp³-hybridized carbons (Fsp3) is 0.467. The number of fused-ring (bicyclic) bond motifs is 1. The predicted octanol–water partition coefficient (Wildman–Crippen LogP) is 4.02. The summed E-state index contributed by atoms with van der Waals surface area (Å²) in [4.78, 5) is 0. The molecular formula is C15H18FNO. The minimum atomic E-state index is -0.277. The van der Waals surface area contributed by atoms with E-state index in [1.807, 2.05) is 12.1 Å². The lowest BCUT2D eigenvalue weighted by Crippen LogP contribution is -2.20. The molecule has 18 heavy (non-hydrogen) atoms. The summed E-state index contributed by atoms with van der Waals surface area (Å²) >= 11 is 0. The molecule has 1 atom stereocenters. The molecule has 1 aliphatic carbocycles. The Morgan fingerprint density at radius 1 is 1.44 bits per heavy atom. The Labute approximate surface area is 106 Å². The van der Waals surface area contributed by atoms with E-state index in [1.165, 1.54) is 18.9 Å². The summed E-state index contributed by atoms with van der Waals surface area (Å²) in [5.41, 5.74) is 0.381. The average molecular weight is 247 g/mol. The highest BCUT2D eigenvalue weighted by atomic mass is 19.1. The van der Waals surface area contributed by atoms with Gasteiger partial charge < -0.3 is 9.73 Å². The number of rotatable bonds is 5. The van der Waals surface area contributed by atoms with E-state index < -0.39 is 0 Å². The topological polar surface area (TPSA) is 25.2 Å². The average Bonchev–Trinajstić information content (AvgIpc) is 3.06. The number of hydrogen-bond acceptors (Lipinski definition) is 2. The molecule has 1 aliphatic rings. The van der Waals surface area contributed by atoms with Gasteiger partial charge in [-0.1, -0.05) is 31.9 Å². The molecule has 1 unspecified atom stereocenters. The van der Waals surface area contributed by atoms with Crippen LogP contribution in [0.1, 0.15) is 38.0 Å². The maximum absolute atomic E-state index is 13.6. The molecule has 1 aromatic carbocycles. The summed E-state index contributed by atoms with van der Waals surface area (Å²) in [6.45, 7) is 2.99. The fourth-order valence-electron chi connectivity index (χ4n) is 2.45. The van der Waals surface area contributed by atoms with Crippen molar-refractivity contribution in [3.8, 4) is 0 Å². The van der Waals surface area contributed by atoms with Crippen LogP contribution in [0.5, 0.6) is 0 Å². The maximum Gasteiger partial charge on any atom is 0.169 e. The molecule has 2 aromatic rings. The standard InChI is InChI=1S/C15H18FNO/c1-2-17-13(8-10-6-7-10)14-9-11-4-3-5-12(16)15(11)18-14/h3-5,9-10,13,17H,2,6-8H2,1H3. The van der Waals surface area contributed by atoms with Crippen molar-refractivity contribution >= 4 is 11.0 Å². The Morgan fingerprint density at radius 3 is 2.94 bits per heavy atom. The van der Waals surface area contributed by atoms with Crippen LogP contribution < -0.4 is 5.32 Å². The summed E-state index contributed by atoms with van der Waals surface area (Å²) in [7, 11) is 0. The van der Waals surface area contributed by atoms with Gasteiger partial charge in [-0.05, 0) is 31.0 Å². The monoisotopic (exact) mass is 247 g/mol. The molecule has 0 amide bonds. The Morgan fingerprint density at radius 2 is 2.28 bits per heavy atom. The Hall–Kier alpha value is -1.35. The van der Waals surface area contributed by atoms with Gasteiger partial charge in [0.05, 0.1) is 6.04 Å².